The van der Waals surface area contributed by atoms with E-state index in [1.54, 1.807) is 7.11 Å². The zero-order valence-electron chi connectivity index (χ0n) is 12.3. The Bertz CT molecular complexity index is 787. The number of methoxy groups -OCH3 is 1. The molecule has 3 nitrogen and oxygen atoms in total. The molecule has 0 saturated carbocycles. The number of aromatic nitrogens is 2. The third kappa shape index (κ3) is 1.95. The van der Waals surface area contributed by atoms with E-state index in [-0.39, 0.29) is 0 Å². The molecule has 0 N–H and O–H groups in total. The molecular formula is C17H18N2O. The summed E-state index contributed by atoms with van der Waals surface area (Å²) in [7, 11) is 1.67. The standard InChI is InChI=1S/C17H18N2O/c1-11-8-13(3)14(9-12(11)2)15-10-19-7-5-6-16(20-4)17(19)18-15/h5-10H,1-4H3. The van der Waals surface area contributed by atoms with E-state index >= 15 is 0 Å². The Hall–Kier alpha value is -2.29. The van der Waals surface area contributed by atoms with Crippen LogP contribution in [0.3, 0.4) is 0 Å². The van der Waals surface area contributed by atoms with Gasteiger partial charge in [-0.3, -0.25) is 0 Å². The maximum absolute atomic E-state index is 5.37. The van der Waals surface area contributed by atoms with Gasteiger partial charge in [0, 0.05) is 18.0 Å². The minimum atomic E-state index is 0.792. The Morgan fingerprint density at radius 3 is 2.55 bits per heavy atom. The van der Waals surface area contributed by atoms with Gasteiger partial charge in [-0.05, 0) is 55.7 Å². The lowest BCUT2D eigenvalue weighted by molar-refractivity contribution is 0.417. The van der Waals surface area contributed by atoms with E-state index in [1.165, 1.54) is 22.3 Å². The molecule has 3 heteroatoms. The first-order chi connectivity index (χ1) is 9.60. The molecule has 20 heavy (non-hydrogen) atoms. The van der Waals surface area contributed by atoms with E-state index in [9.17, 15) is 0 Å². The van der Waals surface area contributed by atoms with Crippen molar-refractivity contribution >= 4 is 5.65 Å². The molecule has 3 aromatic rings. The van der Waals surface area contributed by atoms with Gasteiger partial charge in [0.25, 0.3) is 0 Å². The molecule has 0 saturated heterocycles. The van der Waals surface area contributed by atoms with Gasteiger partial charge in [-0.1, -0.05) is 6.07 Å². The van der Waals surface area contributed by atoms with Crippen molar-refractivity contribution in [1.82, 2.24) is 9.38 Å². The third-order valence-corrected chi connectivity index (χ3v) is 3.78. The molecule has 0 aliphatic carbocycles. The minimum Gasteiger partial charge on any atom is -0.493 e. The fraction of sp³-hybridized carbons (Fsp3) is 0.235. The van der Waals surface area contributed by atoms with Gasteiger partial charge < -0.3 is 9.14 Å². The molecule has 0 unspecified atom stereocenters. The van der Waals surface area contributed by atoms with Gasteiger partial charge in [0.2, 0.25) is 0 Å². The Balaban J connectivity index is 2.23. The molecule has 1 aromatic carbocycles. The second-order valence-electron chi connectivity index (χ2n) is 5.18. The lowest BCUT2D eigenvalue weighted by atomic mass is 9.99. The van der Waals surface area contributed by atoms with E-state index in [4.69, 9.17) is 9.72 Å². The lowest BCUT2D eigenvalue weighted by Gasteiger charge is -2.07. The largest absolute Gasteiger partial charge is 0.493 e. The van der Waals surface area contributed by atoms with Crippen LogP contribution in [0.15, 0.2) is 36.7 Å². The number of nitrogens with zero attached hydrogens (tertiary/aromatic N) is 2. The molecule has 0 spiro atoms. The molecule has 2 aromatic heterocycles. The highest BCUT2D eigenvalue weighted by atomic mass is 16.5. The fourth-order valence-corrected chi connectivity index (χ4v) is 2.51. The lowest BCUT2D eigenvalue weighted by Crippen LogP contribution is -1.89. The summed E-state index contributed by atoms with van der Waals surface area (Å²) in [6.07, 6.45) is 4.04. The highest BCUT2D eigenvalue weighted by Crippen LogP contribution is 2.28. The number of benzene rings is 1. The van der Waals surface area contributed by atoms with Crippen molar-refractivity contribution in [3.8, 4) is 17.0 Å². The normalized spacial score (nSPS) is 11.0. The van der Waals surface area contributed by atoms with Crippen LogP contribution in [0, 0.1) is 20.8 Å². The van der Waals surface area contributed by atoms with Crippen LogP contribution in [0.5, 0.6) is 5.75 Å². The predicted octanol–water partition coefficient (Wildman–Crippen LogP) is 3.94. The van der Waals surface area contributed by atoms with Gasteiger partial charge in [-0.25, -0.2) is 4.98 Å². The van der Waals surface area contributed by atoms with Gasteiger partial charge in [0.05, 0.1) is 12.8 Å². The van der Waals surface area contributed by atoms with E-state index in [0.717, 1.165) is 17.1 Å². The second kappa shape index (κ2) is 4.67. The number of ether oxygens (including phenoxy) is 1. The summed E-state index contributed by atoms with van der Waals surface area (Å²) in [5.74, 6) is 0.792. The van der Waals surface area contributed by atoms with Gasteiger partial charge in [-0.15, -0.1) is 0 Å². The maximum Gasteiger partial charge on any atom is 0.180 e. The molecule has 0 amide bonds. The molecule has 0 aliphatic rings. The van der Waals surface area contributed by atoms with E-state index in [1.807, 2.05) is 22.7 Å². The van der Waals surface area contributed by atoms with E-state index < -0.39 is 0 Å². The maximum atomic E-state index is 5.37. The van der Waals surface area contributed by atoms with Crippen molar-refractivity contribution in [2.75, 3.05) is 7.11 Å². The number of aryl methyl sites for hydroxylation is 3. The Morgan fingerprint density at radius 1 is 1.05 bits per heavy atom. The number of pyridine rings is 1. The summed E-state index contributed by atoms with van der Waals surface area (Å²) < 4.78 is 7.37. The summed E-state index contributed by atoms with van der Waals surface area (Å²) in [6.45, 7) is 6.40. The summed E-state index contributed by atoms with van der Waals surface area (Å²) in [4.78, 5) is 4.72. The SMILES string of the molecule is COc1cccn2cc(-c3cc(C)c(C)cc3C)nc12. The third-order valence-electron chi connectivity index (χ3n) is 3.78. The number of imidazole rings is 1. The van der Waals surface area contributed by atoms with Gasteiger partial charge in [0.1, 0.15) is 0 Å². The average molecular weight is 266 g/mol. The molecule has 0 atom stereocenters. The topological polar surface area (TPSA) is 26.5 Å². The van der Waals surface area contributed by atoms with E-state index in [0.29, 0.717) is 0 Å². The number of hydrogen-bond acceptors (Lipinski definition) is 2. The average Bonchev–Trinajstić information content (AvgIpc) is 2.86. The first-order valence-corrected chi connectivity index (χ1v) is 6.70. The molecule has 0 aliphatic heterocycles. The van der Waals surface area contributed by atoms with E-state index in [2.05, 4.69) is 39.1 Å². The summed E-state index contributed by atoms with van der Waals surface area (Å²) in [6, 6.07) is 8.31. The van der Waals surface area contributed by atoms with Crippen molar-refractivity contribution in [2.24, 2.45) is 0 Å². The van der Waals surface area contributed by atoms with Crippen LogP contribution >= 0.6 is 0 Å². The van der Waals surface area contributed by atoms with Crippen LogP contribution in [0.1, 0.15) is 16.7 Å². The first-order valence-electron chi connectivity index (χ1n) is 6.70. The monoisotopic (exact) mass is 266 g/mol. The highest BCUT2D eigenvalue weighted by Gasteiger charge is 2.11. The first kappa shape index (κ1) is 12.7. The van der Waals surface area contributed by atoms with Crippen molar-refractivity contribution < 1.29 is 4.74 Å². The van der Waals surface area contributed by atoms with Crippen molar-refractivity contribution in [1.29, 1.82) is 0 Å². The summed E-state index contributed by atoms with van der Waals surface area (Å²) >= 11 is 0. The quantitative estimate of drug-likeness (QED) is 0.702. The molecule has 0 bridgehead atoms. The van der Waals surface area contributed by atoms with Crippen LogP contribution in [0.25, 0.3) is 16.9 Å². The smallest absolute Gasteiger partial charge is 0.180 e. The van der Waals surface area contributed by atoms with Crippen LogP contribution in [-0.4, -0.2) is 16.5 Å². The minimum absolute atomic E-state index is 0.792. The predicted molar refractivity (Wildman–Crippen MR) is 81.4 cm³/mol. The van der Waals surface area contributed by atoms with Crippen LogP contribution in [0.4, 0.5) is 0 Å². The second-order valence-corrected chi connectivity index (χ2v) is 5.18. The molecule has 0 radical (unpaired) electrons. The summed E-state index contributed by atoms with van der Waals surface area (Å²) in [5, 5.41) is 0. The number of rotatable bonds is 2. The molecule has 102 valence electrons. The zero-order valence-corrected chi connectivity index (χ0v) is 12.3. The van der Waals surface area contributed by atoms with Crippen molar-refractivity contribution in [3.63, 3.8) is 0 Å². The van der Waals surface area contributed by atoms with Crippen molar-refractivity contribution in [3.05, 3.63) is 53.3 Å². The van der Waals surface area contributed by atoms with Gasteiger partial charge in [-0.2, -0.15) is 0 Å². The van der Waals surface area contributed by atoms with Crippen LogP contribution < -0.4 is 4.74 Å². The Kier molecular flexibility index (Phi) is 2.97. The van der Waals surface area contributed by atoms with Crippen molar-refractivity contribution in [2.45, 2.75) is 20.8 Å². The van der Waals surface area contributed by atoms with Crippen LogP contribution in [-0.2, 0) is 0 Å². The fourth-order valence-electron chi connectivity index (χ4n) is 2.51. The molecule has 2 heterocycles. The Morgan fingerprint density at radius 2 is 1.80 bits per heavy atom. The number of hydrogen-bond donors (Lipinski definition) is 0. The number of fused-ring (bicyclic) bond motifs is 1. The highest BCUT2D eigenvalue weighted by molar-refractivity contribution is 5.69. The summed E-state index contributed by atoms with van der Waals surface area (Å²) in [5.41, 5.74) is 6.86. The zero-order chi connectivity index (χ0) is 14.3. The molecule has 0 fully saturated rings. The molecule has 3 rings (SSSR count). The van der Waals surface area contributed by atoms with Gasteiger partial charge in [0.15, 0.2) is 11.4 Å². The Labute approximate surface area is 118 Å². The van der Waals surface area contributed by atoms with Crippen LogP contribution in [0.2, 0.25) is 0 Å². The van der Waals surface area contributed by atoms with Gasteiger partial charge >= 0.3 is 0 Å². The molecular weight excluding hydrogens is 248 g/mol.